The van der Waals surface area contributed by atoms with E-state index >= 15 is 0 Å². The second kappa shape index (κ2) is 8.19. The van der Waals surface area contributed by atoms with Crippen LogP contribution in [0.2, 0.25) is 5.02 Å². The van der Waals surface area contributed by atoms with E-state index in [9.17, 15) is 9.59 Å². The second-order valence-corrected chi connectivity index (χ2v) is 6.48. The highest BCUT2D eigenvalue weighted by atomic mass is 35.5. The molecule has 6 nitrogen and oxygen atoms in total. The molecular weight excluding hydrogens is 380 g/mol. The van der Waals surface area contributed by atoms with Crippen LogP contribution < -0.4 is 10.1 Å². The molecular formula is C21H19ClN2O4. The molecule has 3 rings (SSSR count). The number of amides is 1. The summed E-state index contributed by atoms with van der Waals surface area (Å²) < 4.78 is 12.0. The molecule has 0 radical (unpaired) electrons. The van der Waals surface area contributed by atoms with Crippen LogP contribution in [-0.4, -0.2) is 30.7 Å². The Balaban J connectivity index is 1.95. The number of rotatable bonds is 5. The highest BCUT2D eigenvalue weighted by Gasteiger charge is 2.18. The molecule has 0 spiro atoms. The standard InChI is InChI=1S/C21H19ClN2O4/c1-13-6-7-14(21(26)28-3)10-17(13)23-20(25)15-11-16(22)18(12-19(15)27-2)24-8-4-5-9-24/h4-12H,1-3H3,(H,23,25). The lowest BCUT2D eigenvalue weighted by Crippen LogP contribution is -2.15. The average molecular weight is 399 g/mol. The molecule has 0 saturated carbocycles. The van der Waals surface area contributed by atoms with Gasteiger partial charge in [-0.1, -0.05) is 17.7 Å². The first-order chi connectivity index (χ1) is 13.4. The number of hydrogen-bond donors (Lipinski definition) is 1. The van der Waals surface area contributed by atoms with Gasteiger partial charge in [-0.3, -0.25) is 4.79 Å². The van der Waals surface area contributed by atoms with Crippen molar-refractivity contribution in [2.24, 2.45) is 0 Å². The number of nitrogens with one attached hydrogen (secondary N) is 1. The lowest BCUT2D eigenvalue weighted by molar-refractivity contribution is 0.0600. The predicted octanol–water partition coefficient (Wildman–Crippen LogP) is 4.49. The highest BCUT2D eigenvalue weighted by Crippen LogP contribution is 2.31. The molecule has 0 aliphatic rings. The Hall–Kier alpha value is -3.25. The molecule has 7 heteroatoms. The van der Waals surface area contributed by atoms with E-state index in [0.717, 1.165) is 5.56 Å². The molecule has 0 aliphatic carbocycles. The van der Waals surface area contributed by atoms with Gasteiger partial charge in [-0.15, -0.1) is 0 Å². The first-order valence-electron chi connectivity index (χ1n) is 8.45. The third kappa shape index (κ3) is 3.87. The van der Waals surface area contributed by atoms with E-state index in [4.69, 9.17) is 21.1 Å². The fraction of sp³-hybridized carbons (Fsp3) is 0.143. The Labute approximate surface area is 167 Å². The number of methoxy groups -OCH3 is 2. The fourth-order valence-electron chi connectivity index (χ4n) is 2.77. The van der Waals surface area contributed by atoms with Gasteiger partial charge in [0, 0.05) is 24.1 Å². The summed E-state index contributed by atoms with van der Waals surface area (Å²) in [6.07, 6.45) is 3.70. The Morgan fingerprint density at radius 1 is 1.07 bits per heavy atom. The van der Waals surface area contributed by atoms with Gasteiger partial charge in [-0.2, -0.15) is 0 Å². The van der Waals surface area contributed by atoms with Crippen molar-refractivity contribution in [3.8, 4) is 11.4 Å². The quantitative estimate of drug-likeness (QED) is 0.643. The highest BCUT2D eigenvalue weighted by molar-refractivity contribution is 6.33. The maximum Gasteiger partial charge on any atom is 0.337 e. The third-order valence-electron chi connectivity index (χ3n) is 4.30. The van der Waals surface area contributed by atoms with E-state index in [0.29, 0.717) is 27.7 Å². The fourth-order valence-corrected chi connectivity index (χ4v) is 3.03. The Morgan fingerprint density at radius 2 is 1.79 bits per heavy atom. The monoisotopic (exact) mass is 398 g/mol. The van der Waals surface area contributed by atoms with Crippen molar-refractivity contribution in [3.63, 3.8) is 0 Å². The van der Waals surface area contributed by atoms with E-state index in [1.54, 1.807) is 30.3 Å². The zero-order valence-electron chi connectivity index (χ0n) is 15.7. The summed E-state index contributed by atoms with van der Waals surface area (Å²) >= 11 is 6.40. The van der Waals surface area contributed by atoms with Crippen LogP contribution in [0.1, 0.15) is 26.3 Å². The van der Waals surface area contributed by atoms with E-state index < -0.39 is 11.9 Å². The molecule has 28 heavy (non-hydrogen) atoms. The summed E-state index contributed by atoms with van der Waals surface area (Å²) in [5.74, 6) is -0.498. The second-order valence-electron chi connectivity index (χ2n) is 6.07. The lowest BCUT2D eigenvalue weighted by atomic mass is 10.1. The summed E-state index contributed by atoms with van der Waals surface area (Å²) in [7, 11) is 2.79. The van der Waals surface area contributed by atoms with Crippen molar-refractivity contribution in [2.75, 3.05) is 19.5 Å². The third-order valence-corrected chi connectivity index (χ3v) is 4.61. The van der Waals surface area contributed by atoms with E-state index in [1.807, 2.05) is 36.0 Å². The van der Waals surface area contributed by atoms with Crippen molar-refractivity contribution in [2.45, 2.75) is 6.92 Å². The van der Waals surface area contributed by atoms with Gasteiger partial charge < -0.3 is 19.4 Å². The van der Waals surface area contributed by atoms with Crippen LogP contribution in [0.15, 0.2) is 54.9 Å². The van der Waals surface area contributed by atoms with E-state index in [2.05, 4.69) is 5.32 Å². The maximum absolute atomic E-state index is 12.9. The first kappa shape index (κ1) is 19.5. The van der Waals surface area contributed by atoms with Crippen LogP contribution in [0.25, 0.3) is 5.69 Å². The van der Waals surface area contributed by atoms with Gasteiger partial charge in [0.15, 0.2) is 0 Å². The summed E-state index contributed by atoms with van der Waals surface area (Å²) in [6.45, 7) is 1.83. The molecule has 0 bridgehead atoms. The van der Waals surface area contributed by atoms with E-state index in [-0.39, 0.29) is 5.56 Å². The zero-order chi connectivity index (χ0) is 20.3. The molecule has 0 aliphatic heterocycles. The summed E-state index contributed by atoms with van der Waals surface area (Å²) in [5.41, 5.74) is 2.63. The van der Waals surface area contributed by atoms with E-state index in [1.165, 1.54) is 14.2 Å². The van der Waals surface area contributed by atoms with Gasteiger partial charge in [0.25, 0.3) is 5.91 Å². The number of carbonyl (C=O) groups is 2. The molecule has 3 aromatic rings. The average Bonchev–Trinajstić information content (AvgIpc) is 3.23. The van der Waals surface area contributed by atoms with Crippen LogP contribution in [0.4, 0.5) is 5.69 Å². The van der Waals surface area contributed by atoms with Crippen LogP contribution in [0.5, 0.6) is 5.75 Å². The molecule has 1 heterocycles. The van der Waals surface area contributed by atoms with Crippen molar-refractivity contribution in [3.05, 3.63) is 76.6 Å². The Bertz CT molecular complexity index is 1030. The molecule has 0 atom stereocenters. The molecule has 0 fully saturated rings. The van der Waals surface area contributed by atoms with Gasteiger partial charge in [-0.25, -0.2) is 4.79 Å². The van der Waals surface area contributed by atoms with Gasteiger partial charge in [0.1, 0.15) is 5.75 Å². The number of aromatic nitrogens is 1. The number of anilines is 1. The van der Waals surface area contributed by atoms with Gasteiger partial charge in [-0.05, 0) is 42.8 Å². The van der Waals surface area contributed by atoms with Gasteiger partial charge >= 0.3 is 5.97 Å². The number of carbonyl (C=O) groups excluding carboxylic acids is 2. The number of aryl methyl sites for hydroxylation is 1. The normalized spacial score (nSPS) is 10.4. The number of esters is 1. The van der Waals surface area contributed by atoms with Crippen molar-refractivity contribution < 1.29 is 19.1 Å². The minimum absolute atomic E-state index is 0.284. The first-order valence-corrected chi connectivity index (χ1v) is 8.83. The van der Waals surface area contributed by atoms with Crippen molar-refractivity contribution >= 4 is 29.2 Å². The number of nitrogens with zero attached hydrogens (tertiary/aromatic N) is 1. The number of ether oxygens (including phenoxy) is 2. The van der Waals surface area contributed by atoms with Crippen LogP contribution >= 0.6 is 11.6 Å². The summed E-state index contributed by atoms with van der Waals surface area (Å²) in [6, 6.07) is 12.0. The minimum atomic E-state index is -0.479. The van der Waals surface area contributed by atoms with Gasteiger partial charge in [0.2, 0.25) is 0 Å². The van der Waals surface area contributed by atoms with Crippen LogP contribution in [0.3, 0.4) is 0 Å². The molecule has 1 aromatic heterocycles. The van der Waals surface area contributed by atoms with Gasteiger partial charge in [0.05, 0.1) is 36.1 Å². The molecule has 2 aromatic carbocycles. The zero-order valence-corrected chi connectivity index (χ0v) is 16.4. The number of benzene rings is 2. The van der Waals surface area contributed by atoms with Crippen molar-refractivity contribution in [1.82, 2.24) is 4.57 Å². The molecule has 1 N–H and O–H groups in total. The Kier molecular flexibility index (Phi) is 5.70. The maximum atomic E-state index is 12.9. The topological polar surface area (TPSA) is 69.6 Å². The molecule has 1 amide bonds. The number of halogens is 1. The largest absolute Gasteiger partial charge is 0.496 e. The smallest absolute Gasteiger partial charge is 0.337 e. The van der Waals surface area contributed by atoms with Crippen LogP contribution in [0, 0.1) is 6.92 Å². The Morgan fingerprint density at radius 3 is 2.43 bits per heavy atom. The molecule has 0 unspecified atom stereocenters. The SMILES string of the molecule is COC(=O)c1ccc(C)c(NC(=O)c2cc(Cl)c(-n3cccc3)cc2OC)c1. The molecule has 0 saturated heterocycles. The molecule has 144 valence electrons. The van der Waals surface area contributed by atoms with Crippen molar-refractivity contribution in [1.29, 1.82) is 0 Å². The minimum Gasteiger partial charge on any atom is -0.496 e. The van der Waals surface area contributed by atoms with Crippen LogP contribution in [-0.2, 0) is 4.74 Å². The summed E-state index contributed by atoms with van der Waals surface area (Å²) in [4.78, 5) is 24.6. The lowest BCUT2D eigenvalue weighted by Gasteiger charge is -2.15. The summed E-state index contributed by atoms with van der Waals surface area (Å²) in [5, 5.41) is 3.21. The number of hydrogen-bond acceptors (Lipinski definition) is 4. The predicted molar refractivity (Wildman–Crippen MR) is 108 cm³/mol.